The fourth-order valence-corrected chi connectivity index (χ4v) is 0.982. The lowest BCUT2D eigenvalue weighted by Crippen LogP contribution is -2.16. The van der Waals surface area contributed by atoms with Gasteiger partial charge in [0, 0.05) is 20.3 Å². The summed E-state index contributed by atoms with van der Waals surface area (Å²) in [7, 11) is 3.10. The summed E-state index contributed by atoms with van der Waals surface area (Å²) in [6.07, 6.45) is -1.98. The maximum atomic E-state index is 12.4. The van der Waals surface area contributed by atoms with Crippen molar-refractivity contribution in [3.05, 3.63) is 24.0 Å². The molecule has 0 saturated carbocycles. The Hall–Kier alpha value is -1.26. The van der Waals surface area contributed by atoms with Crippen LogP contribution in [0.1, 0.15) is 5.56 Å². The van der Waals surface area contributed by atoms with Crippen molar-refractivity contribution in [2.24, 2.45) is 0 Å². The van der Waals surface area contributed by atoms with E-state index in [1.165, 1.54) is 11.1 Å². The van der Waals surface area contributed by atoms with Gasteiger partial charge in [-0.05, 0) is 6.07 Å². The molecule has 0 aliphatic heterocycles. The number of aromatic nitrogens is 1. The molecule has 2 nitrogen and oxygen atoms in total. The van der Waals surface area contributed by atoms with Gasteiger partial charge in [-0.1, -0.05) is 0 Å². The van der Waals surface area contributed by atoms with E-state index >= 15 is 0 Å². The van der Waals surface area contributed by atoms with Crippen molar-refractivity contribution in [1.29, 1.82) is 0 Å². The van der Waals surface area contributed by atoms with Gasteiger partial charge in [0.25, 0.3) is 0 Å². The van der Waals surface area contributed by atoms with Crippen LogP contribution in [-0.2, 0) is 6.18 Å². The molecule has 1 heterocycles. The SMILES string of the molecule is CN(C)c1cnccc1C(F)(F)F. The van der Waals surface area contributed by atoms with Gasteiger partial charge < -0.3 is 4.90 Å². The van der Waals surface area contributed by atoms with Crippen molar-refractivity contribution in [2.45, 2.75) is 6.18 Å². The van der Waals surface area contributed by atoms with E-state index in [0.29, 0.717) is 0 Å². The number of alkyl halides is 3. The molecule has 0 unspecified atom stereocenters. The zero-order valence-electron chi connectivity index (χ0n) is 7.26. The molecule has 72 valence electrons. The second-order valence-corrected chi connectivity index (χ2v) is 2.79. The number of pyridine rings is 1. The summed E-state index contributed by atoms with van der Waals surface area (Å²) in [6.45, 7) is 0. The van der Waals surface area contributed by atoms with Crippen molar-refractivity contribution in [1.82, 2.24) is 4.98 Å². The summed E-state index contributed by atoms with van der Waals surface area (Å²) in [6, 6.07) is 0.968. The first-order valence-electron chi connectivity index (χ1n) is 3.61. The lowest BCUT2D eigenvalue weighted by molar-refractivity contribution is -0.137. The Kier molecular flexibility index (Phi) is 2.45. The third-order valence-corrected chi connectivity index (χ3v) is 1.59. The van der Waals surface area contributed by atoms with E-state index in [1.807, 2.05) is 0 Å². The molecule has 0 bridgehead atoms. The van der Waals surface area contributed by atoms with Gasteiger partial charge in [-0.15, -0.1) is 0 Å². The molecule has 1 aromatic heterocycles. The van der Waals surface area contributed by atoms with E-state index in [1.54, 1.807) is 14.1 Å². The predicted octanol–water partition coefficient (Wildman–Crippen LogP) is 2.17. The van der Waals surface area contributed by atoms with Gasteiger partial charge in [0.1, 0.15) is 0 Å². The normalized spacial score (nSPS) is 11.5. The minimum atomic E-state index is -4.32. The van der Waals surface area contributed by atoms with Gasteiger partial charge in [0.05, 0.1) is 17.4 Å². The molecule has 0 aliphatic rings. The smallest absolute Gasteiger partial charge is 0.376 e. The number of hydrogen-bond donors (Lipinski definition) is 0. The van der Waals surface area contributed by atoms with E-state index in [0.717, 1.165) is 12.3 Å². The lowest BCUT2D eigenvalue weighted by atomic mass is 10.2. The largest absolute Gasteiger partial charge is 0.418 e. The first-order chi connectivity index (χ1) is 5.93. The molecule has 0 atom stereocenters. The molecule has 1 aromatic rings. The summed E-state index contributed by atoms with van der Waals surface area (Å²) < 4.78 is 37.1. The third kappa shape index (κ3) is 2.11. The summed E-state index contributed by atoms with van der Waals surface area (Å²) in [5.41, 5.74) is -0.581. The van der Waals surface area contributed by atoms with Gasteiger partial charge in [0.15, 0.2) is 0 Å². The molecule has 0 N–H and O–H groups in total. The molecule has 0 aliphatic carbocycles. The van der Waals surface area contributed by atoms with Crippen LogP contribution in [-0.4, -0.2) is 19.1 Å². The number of halogens is 3. The van der Waals surface area contributed by atoms with Crippen molar-refractivity contribution in [3.63, 3.8) is 0 Å². The highest BCUT2D eigenvalue weighted by atomic mass is 19.4. The predicted molar refractivity (Wildman–Crippen MR) is 43.6 cm³/mol. The molecule has 0 fully saturated rings. The van der Waals surface area contributed by atoms with Crippen LogP contribution in [0, 0.1) is 0 Å². The Bertz CT molecular complexity index is 294. The zero-order valence-corrected chi connectivity index (χ0v) is 7.26. The molecule has 0 spiro atoms. The van der Waals surface area contributed by atoms with Crippen LogP contribution in [0.25, 0.3) is 0 Å². The number of rotatable bonds is 1. The molecular weight excluding hydrogens is 181 g/mol. The maximum Gasteiger partial charge on any atom is 0.418 e. The van der Waals surface area contributed by atoms with E-state index < -0.39 is 11.7 Å². The van der Waals surface area contributed by atoms with E-state index in [9.17, 15) is 13.2 Å². The fraction of sp³-hybridized carbons (Fsp3) is 0.375. The lowest BCUT2D eigenvalue weighted by Gasteiger charge is -2.17. The topological polar surface area (TPSA) is 16.1 Å². The first-order valence-corrected chi connectivity index (χ1v) is 3.61. The van der Waals surface area contributed by atoms with Gasteiger partial charge in [0.2, 0.25) is 0 Å². The quantitative estimate of drug-likeness (QED) is 0.674. The average Bonchev–Trinajstić information content (AvgIpc) is 2.03. The Morgan fingerprint density at radius 1 is 1.31 bits per heavy atom. The summed E-state index contributed by atoms with van der Waals surface area (Å²) in [4.78, 5) is 5.02. The first kappa shape index (κ1) is 9.83. The monoisotopic (exact) mass is 190 g/mol. The molecular formula is C8H9F3N2. The molecule has 0 aromatic carbocycles. The van der Waals surface area contributed by atoms with Crippen molar-refractivity contribution in [2.75, 3.05) is 19.0 Å². The summed E-state index contributed by atoms with van der Waals surface area (Å²) >= 11 is 0. The standard InChI is InChI=1S/C8H9F3N2/c1-13(2)7-5-12-4-3-6(7)8(9,10)11/h3-5H,1-2H3. The highest BCUT2D eigenvalue weighted by molar-refractivity contribution is 5.51. The molecule has 0 radical (unpaired) electrons. The van der Waals surface area contributed by atoms with E-state index in [2.05, 4.69) is 4.98 Å². The molecule has 0 saturated heterocycles. The van der Waals surface area contributed by atoms with E-state index in [4.69, 9.17) is 0 Å². The van der Waals surface area contributed by atoms with Crippen LogP contribution < -0.4 is 4.90 Å². The van der Waals surface area contributed by atoms with Crippen LogP contribution in [0.15, 0.2) is 18.5 Å². The van der Waals surface area contributed by atoms with Crippen LogP contribution in [0.3, 0.4) is 0 Å². The summed E-state index contributed by atoms with van der Waals surface area (Å²) in [5, 5.41) is 0. The second kappa shape index (κ2) is 3.24. The third-order valence-electron chi connectivity index (χ3n) is 1.59. The van der Waals surface area contributed by atoms with Gasteiger partial charge in [-0.2, -0.15) is 13.2 Å². The maximum absolute atomic E-state index is 12.4. The number of anilines is 1. The highest BCUT2D eigenvalue weighted by Gasteiger charge is 2.33. The van der Waals surface area contributed by atoms with Gasteiger partial charge >= 0.3 is 6.18 Å². The summed E-state index contributed by atoms with van der Waals surface area (Å²) in [5.74, 6) is 0. The Morgan fingerprint density at radius 3 is 2.31 bits per heavy atom. The molecule has 1 rings (SSSR count). The number of hydrogen-bond acceptors (Lipinski definition) is 2. The van der Waals surface area contributed by atoms with Crippen molar-refractivity contribution >= 4 is 5.69 Å². The van der Waals surface area contributed by atoms with Crippen LogP contribution >= 0.6 is 0 Å². The Morgan fingerprint density at radius 2 is 1.92 bits per heavy atom. The minimum absolute atomic E-state index is 0.0787. The Balaban J connectivity index is 3.20. The van der Waals surface area contributed by atoms with Crippen molar-refractivity contribution < 1.29 is 13.2 Å². The van der Waals surface area contributed by atoms with Crippen molar-refractivity contribution in [3.8, 4) is 0 Å². The average molecular weight is 190 g/mol. The zero-order chi connectivity index (χ0) is 10.1. The molecule has 5 heteroatoms. The van der Waals surface area contributed by atoms with Crippen LogP contribution in [0.4, 0.5) is 18.9 Å². The van der Waals surface area contributed by atoms with E-state index in [-0.39, 0.29) is 5.69 Å². The minimum Gasteiger partial charge on any atom is -0.376 e. The fourth-order valence-electron chi connectivity index (χ4n) is 0.982. The number of nitrogens with zero attached hydrogens (tertiary/aromatic N) is 2. The van der Waals surface area contributed by atoms with Gasteiger partial charge in [-0.3, -0.25) is 4.98 Å². The Labute approximate surface area is 74.0 Å². The second-order valence-electron chi connectivity index (χ2n) is 2.79. The highest BCUT2D eigenvalue weighted by Crippen LogP contribution is 2.34. The molecule has 0 amide bonds. The molecule has 13 heavy (non-hydrogen) atoms. The van der Waals surface area contributed by atoms with Crippen LogP contribution in [0.2, 0.25) is 0 Å². The van der Waals surface area contributed by atoms with Gasteiger partial charge in [-0.25, -0.2) is 0 Å². The van der Waals surface area contributed by atoms with Crippen LogP contribution in [0.5, 0.6) is 0 Å².